The van der Waals surface area contributed by atoms with Crippen LogP contribution in [0, 0.1) is 12.7 Å². The molecule has 0 saturated carbocycles. The second-order valence-corrected chi connectivity index (χ2v) is 6.37. The first kappa shape index (κ1) is 15.5. The van der Waals surface area contributed by atoms with Crippen LogP contribution in [-0.4, -0.2) is 9.97 Å². The quantitative estimate of drug-likeness (QED) is 0.545. The van der Waals surface area contributed by atoms with Crippen LogP contribution < -0.4 is 5.32 Å². The van der Waals surface area contributed by atoms with Crippen molar-refractivity contribution in [3.63, 3.8) is 0 Å². The van der Waals surface area contributed by atoms with Crippen LogP contribution in [0.15, 0.2) is 34.8 Å². The molecule has 2 aromatic carbocycles. The Labute approximate surface area is 144 Å². The molecule has 3 nitrogen and oxygen atoms in total. The highest BCUT2D eigenvalue weighted by Crippen LogP contribution is 2.31. The Morgan fingerprint density at radius 2 is 1.91 bits per heavy atom. The number of halogens is 4. The molecule has 3 aromatic rings. The summed E-state index contributed by atoms with van der Waals surface area (Å²) in [7, 11) is 0. The molecule has 0 atom stereocenters. The molecule has 22 heavy (non-hydrogen) atoms. The fourth-order valence-corrected chi connectivity index (χ4v) is 3.06. The van der Waals surface area contributed by atoms with Crippen molar-refractivity contribution < 1.29 is 4.39 Å². The second-order valence-electron chi connectivity index (χ2n) is 4.71. The topological polar surface area (TPSA) is 37.8 Å². The molecule has 3 rings (SSSR count). The van der Waals surface area contributed by atoms with Crippen molar-refractivity contribution in [2.45, 2.75) is 6.92 Å². The maximum Gasteiger partial charge on any atom is 0.224 e. The maximum absolute atomic E-state index is 13.2. The van der Waals surface area contributed by atoms with Crippen molar-refractivity contribution in [1.29, 1.82) is 0 Å². The van der Waals surface area contributed by atoms with Gasteiger partial charge in [-0.2, -0.15) is 4.98 Å². The van der Waals surface area contributed by atoms with Crippen molar-refractivity contribution in [1.82, 2.24) is 9.97 Å². The van der Waals surface area contributed by atoms with E-state index in [-0.39, 0.29) is 10.3 Å². The molecule has 0 aliphatic rings. The Morgan fingerprint density at radius 3 is 2.64 bits per heavy atom. The monoisotopic (exact) mass is 399 g/mol. The summed E-state index contributed by atoms with van der Waals surface area (Å²) < 4.78 is 14.2. The number of benzene rings is 2. The third-order valence-corrected chi connectivity index (χ3v) is 4.03. The summed E-state index contributed by atoms with van der Waals surface area (Å²) in [6, 6.07) is 8.20. The van der Waals surface area contributed by atoms with Crippen molar-refractivity contribution in [3.05, 3.63) is 56.5 Å². The van der Waals surface area contributed by atoms with E-state index in [1.165, 1.54) is 12.1 Å². The number of aromatic nitrogens is 2. The average molecular weight is 401 g/mol. The molecule has 0 saturated heterocycles. The lowest BCUT2D eigenvalue weighted by molar-refractivity contribution is 0.628. The number of hydrogen-bond donors (Lipinski definition) is 1. The fourth-order valence-electron chi connectivity index (χ4n) is 2.14. The van der Waals surface area contributed by atoms with E-state index in [0.29, 0.717) is 11.5 Å². The normalized spacial score (nSPS) is 11.0. The van der Waals surface area contributed by atoms with Crippen LogP contribution in [0.4, 0.5) is 15.9 Å². The van der Waals surface area contributed by atoms with Gasteiger partial charge in [0.15, 0.2) is 0 Å². The highest BCUT2D eigenvalue weighted by Gasteiger charge is 2.11. The highest BCUT2D eigenvalue weighted by molar-refractivity contribution is 9.10. The number of nitrogens with one attached hydrogen (secondary N) is 1. The SMILES string of the molecule is Cc1cc(Br)cc2c(Nc3ccc(F)c(Cl)c3)nc(Cl)nc12. The van der Waals surface area contributed by atoms with Gasteiger partial charge in [0.05, 0.1) is 10.5 Å². The standard InChI is InChI=1S/C15H9BrCl2FN3/c1-7-4-8(16)5-10-13(7)21-15(18)22-14(10)20-9-2-3-12(19)11(17)6-9/h2-6H,1H3,(H,20,21,22). The Balaban J connectivity index is 2.15. The Kier molecular flexibility index (Phi) is 4.21. The lowest BCUT2D eigenvalue weighted by Gasteiger charge is -2.11. The molecule has 112 valence electrons. The van der Waals surface area contributed by atoms with Crippen molar-refractivity contribution in [2.24, 2.45) is 0 Å². The number of fused-ring (bicyclic) bond motifs is 1. The van der Waals surface area contributed by atoms with E-state index >= 15 is 0 Å². The van der Waals surface area contributed by atoms with Gasteiger partial charge in [0, 0.05) is 15.5 Å². The molecule has 0 aliphatic carbocycles. The Morgan fingerprint density at radius 1 is 1.14 bits per heavy atom. The number of nitrogens with zero attached hydrogens (tertiary/aromatic N) is 2. The van der Waals surface area contributed by atoms with E-state index in [9.17, 15) is 4.39 Å². The van der Waals surface area contributed by atoms with Crippen molar-refractivity contribution in [3.8, 4) is 0 Å². The van der Waals surface area contributed by atoms with Gasteiger partial charge in [0.1, 0.15) is 11.6 Å². The van der Waals surface area contributed by atoms with Crippen molar-refractivity contribution in [2.75, 3.05) is 5.32 Å². The van der Waals surface area contributed by atoms with Gasteiger partial charge < -0.3 is 5.32 Å². The molecule has 0 amide bonds. The Bertz CT molecular complexity index is 886. The molecular weight excluding hydrogens is 392 g/mol. The molecule has 1 N–H and O–H groups in total. The summed E-state index contributed by atoms with van der Waals surface area (Å²) in [5, 5.41) is 4.07. The van der Waals surface area contributed by atoms with Gasteiger partial charge in [0.2, 0.25) is 5.28 Å². The van der Waals surface area contributed by atoms with E-state index in [1.54, 1.807) is 6.07 Å². The molecule has 1 aromatic heterocycles. The van der Waals surface area contributed by atoms with Gasteiger partial charge in [0.25, 0.3) is 0 Å². The van der Waals surface area contributed by atoms with Gasteiger partial charge in [-0.3, -0.25) is 0 Å². The van der Waals surface area contributed by atoms with E-state index in [0.717, 1.165) is 20.9 Å². The van der Waals surface area contributed by atoms with Crippen molar-refractivity contribution >= 4 is 61.5 Å². The van der Waals surface area contributed by atoms with Crippen LogP contribution in [0.3, 0.4) is 0 Å². The molecule has 1 heterocycles. The van der Waals surface area contributed by atoms with Gasteiger partial charge in [-0.05, 0) is 54.4 Å². The molecule has 0 spiro atoms. The zero-order chi connectivity index (χ0) is 15.9. The first-order valence-electron chi connectivity index (χ1n) is 6.29. The third kappa shape index (κ3) is 3.02. The van der Waals surface area contributed by atoms with Crippen LogP contribution in [0.1, 0.15) is 5.56 Å². The van der Waals surface area contributed by atoms with Gasteiger partial charge in [-0.25, -0.2) is 9.37 Å². The van der Waals surface area contributed by atoms with Crippen LogP contribution in [0.5, 0.6) is 0 Å². The third-order valence-electron chi connectivity index (χ3n) is 3.11. The summed E-state index contributed by atoms with van der Waals surface area (Å²) in [4.78, 5) is 8.47. The summed E-state index contributed by atoms with van der Waals surface area (Å²) in [6.45, 7) is 1.94. The van der Waals surface area contributed by atoms with Crippen LogP contribution in [0.2, 0.25) is 10.3 Å². The first-order valence-corrected chi connectivity index (χ1v) is 7.84. The smallest absolute Gasteiger partial charge is 0.224 e. The number of anilines is 2. The van der Waals surface area contributed by atoms with Crippen LogP contribution >= 0.6 is 39.1 Å². The van der Waals surface area contributed by atoms with Gasteiger partial charge >= 0.3 is 0 Å². The van der Waals surface area contributed by atoms with Crippen LogP contribution in [0.25, 0.3) is 10.9 Å². The van der Waals surface area contributed by atoms with E-state index in [2.05, 4.69) is 31.2 Å². The molecular formula is C15H9BrCl2FN3. The number of aryl methyl sites for hydroxylation is 1. The maximum atomic E-state index is 13.2. The summed E-state index contributed by atoms with van der Waals surface area (Å²) in [5.41, 5.74) is 2.33. The molecule has 0 bridgehead atoms. The predicted molar refractivity (Wildman–Crippen MR) is 91.7 cm³/mol. The Hall–Kier alpha value is -1.43. The highest BCUT2D eigenvalue weighted by atomic mass is 79.9. The van der Waals surface area contributed by atoms with Crippen LogP contribution in [-0.2, 0) is 0 Å². The molecule has 0 radical (unpaired) electrons. The molecule has 0 unspecified atom stereocenters. The lowest BCUT2D eigenvalue weighted by Crippen LogP contribution is -1.99. The fraction of sp³-hybridized carbons (Fsp3) is 0.0667. The minimum Gasteiger partial charge on any atom is -0.340 e. The molecule has 0 aliphatic heterocycles. The minimum atomic E-state index is -0.476. The van der Waals surface area contributed by atoms with E-state index in [1.807, 2.05) is 19.1 Å². The summed E-state index contributed by atoms with van der Waals surface area (Å²) in [6.07, 6.45) is 0. The summed E-state index contributed by atoms with van der Waals surface area (Å²) >= 11 is 15.3. The first-order chi connectivity index (χ1) is 10.4. The second kappa shape index (κ2) is 5.99. The molecule has 0 fully saturated rings. The van der Waals surface area contributed by atoms with Gasteiger partial charge in [-0.15, -0.1) is 0 Å². The van der Waals surface area contributed by atoms with E-state index in [4.69, 9.17) is 23.2 Å². The lowest BCUT2D eigenvalue weighted by atomic mass is 10.1. The summed E-state index contributed by atoms with van der Waals surface area (Å²) in [5.74, 6) is 0.0541. The number of hydrogen-bond acceptors (Lipinski definition) is 3. The predicted octanol–water partition coefficient (Wildman–Crippen LogP) is 5.89. The van der Waals surface area contributed by atoms with E-state index < -0.39 is 5.82 Å². The zero-order valence-electron chi connectivity index (χ0n) is 11.3. The minimum absolute atomic E-state index is 0.0341. The largest absolute Gasteiger partial charge is 0.340 e. The number of rotatable bonds is 2. The van der Waals surface area contributed by atoms with Gasteiger partial charge in [-0.1, -0.05) is 27.5 Å². The zero-order valence-corrected chi connectivity index (χ0v) is 14.4. The molecule has 7 heteroatoms. The average Bonchev–Trinajstić information content (AvgIpc) is 2.44.